The number of carboxylic acids is 1. The first-order chi connectivity index (χ1) is 12.5. The maximum absolute atomic E-state index is 11.4. The highest BCUT2D eigenvalue weighted by atomic mass is 79.9. The standard InChI is InChI=1S/C19H14BrN3O2S/c1-12-17(18(24)25)22-19(26-12)23(11-14-3-2-4-15(20)9-14)16-7-5-13(10-21)6-8-16/h2-9H,11H2,1H3,(H,24,25). The second kappa shape index (κ2) is 7.68. The fraction of sp³-hybridized carbons (Fsp3) is 0.105. The molecule has 5 nitrogen and oxygen atoms in total. The summed E-state index contributed by atoms with van der Waals surface area (Å²) >= 11 is 4.81. The Morgan fingerprint density at radius 1 is 1.31 bits per heavy atom. The van der Waals surface area contributed by atoms with Crippen LogP contribution in [0.4, 0.5) is 10.8 Å². The lowest BCUT2D eigenvalue weighted by Gasteiger charge is -2.22. The Morgan fingerprint density at radius 3 is 2.62 bits per heavy atom. The van der Waals surface area contributed by atoms with Crippen LogP contribution in [0.5, 0.6) is 0 Å². The van der Waals surface area contributed by atoms with E-state index in [2.05, 4.69) is 27.0 Å². The molecule has 0 spiro atoms. The smallest absolute Gasteiger partial charge is 0.355 e. The van der Waals surface area contributed by atoms with Gasteiger partial charge in [-0.15, -0.1) is 11.3 Å². The van der Waals surface area contributed by atoms with Crippen molar-refractivity contribution in [3.63, 3.8) is 0 Å². The highest BCUT2D eigenvalue weighted by Gasteiger charge is 2.20. The Labute approximate surface area is 163 Å². The second-order valence-corrected chi connectivity index (χ2v) is 7.68. The molecule has 0 atom stereocenters. The molecule has 130 valence electrons. The molecule has 0 unspecified atom stereocenters. The molecule has 1 aromatic heterocycles. The number of rotatable bonds is 5. The van der Waals surface area contributed by atoms with Gasteiger partial charge in [-0.2, -0.15) is 5.26 Å². The van der Waals surface area contributed by atoms with Crippen molar-refractivity contribution in [2.24, 2.45) is 0 Å². The van der Waals surface area contributed by atoms with Crippen molar-refractivity contribution in [2.75, 3.05) is 4.90 Å². The normalized spacial score (nSPS) is 10.3. The topological polar surface area (TPSA) is 77.2 Å². The molecule has 0 saturated carbocycles. The Balaban J connectivity index is 2.04. The number of anilines is 2. The third-order valence-electron chi connectivity index (χ3n) is 3.76. The predicted molar refractivity (Wildman–Crippen MR) is 105 cm³/mol. The maximum atomic E-state index is 11.4. The quantitative estimate of drug-likeness (QED) is 0.610. The minimum Gasteiger partial charge on any atom is -0.476 e. The van der Waals surface area contributed by atoms with Crippen LogP contribution in [0.1, 0.15) is 26.5 Å². The largest absolute Gasteiger partial charge is 0.476 e. The molecule has 0 saturated heterocycles. The van der Waals surface area contributed by atoms with E-state index in [0.717, 1.165) is 15.7 Å². The average Bonchev–Trinajstić information content (AvgIpc) is 3.02. The van der Waals surface area contributed by atoms with E-state index in [0.29, 0.717) is 22.1 Å². The van der Waals surface area contributed by atoms with Crippen LogP contribution < -0.4 is 4.90 Å². The van der Waals surface area contributed by atoms with Gasteiger partial charge in [-0.1, -0.05) is 28.1 Å². The van der Waals surface area contributed by atoms with Crippen LogP contribution in [0.15, 0.2) is 53.0 Å². The molecular formula is C19H14BrN3O2S. The molecule has 0 radical (unpaired) electrons. The van der Waals surface area contributed by atoms with Gasteiger partial charge in [-0.3, -0.25) is 0 Å². The van der Waals surface area contributed by atoms with Gasteiger partial charge in [0.25, 0.3) is 0 Å². The third-order valence-corrected chi connectivity index (χ3v) is 5.24. The molecule has 3 aromatic rings. The average molecular weight is 428 g/mol. The summed E-state index contributed by atoms with van der Waals surface area (Å²) in [7, 11) is 0. The van der Waals surface area contributed by atoms with Crippen molar-refractivity contribution in [2.45, 2.75) is 13.5 Å². The van der Waals surface area contributed by atoms with Gasteiger partial charge in [-0.25, -0.2) is 9.78 Å². The maximum Gasteiger partial charge on any atom is 0.355 e. The monoisotopic (exact) mass is 427 g/mol. The van der Waals surface area contributed by atoms with Gasteiger partial charge in [0, 0.05) is 15.0 Å². The molecule has 0 bridgehead atoms. The number of aryl methyl sites for hydroxylation is 1. The van der Waals surface area contributed by atoms with Gasteiger partial charge in [0.05, 0.1) is 18.2 Å². The van der Waals surface area contributed by atoms with E-state index in [-0.39, 0.29) is 5.69 Å². The molecule has 3 rings (SSSR count). The van der Waals surface area contributed by atoms with Crippen LogP contribution in [0.25, 0.3) is 0 Å². The van der Waals surface area contributed by atoms with E-state index < -0.39 is 5.97 Å². The van der Waals surface area contributed by atoms with Crippen molar-refractivity contribution < 1.29 is 9.90 Å². The number of aromatic nitrogens is 1. The second-order valence-electron chi connectivity index (χ2n) is 5.58. The fourth-order valence-electron chi connectivity index (χ4n) is 2.50. The highest BCUT2D eigenvalue weighted by Crippen LogP contribution is 2.33. The van der Waals surface area contributed by atoms with Gasteiger partial charge in [0.1, 0.15) is 0 Å². The molecule has 1 N–H and O–H groups in total. The molecule has 0 aliphatic carbocycles. The molecule has 0 aliphatic rings. The summed E-state index contributed by atoms with van der Waals surface area (Å²) in [6.45, 7) is 2.28. The molecule has 1 heterocycles. The number of halogens is 1. The van der Waals surface area contributed by atoms with Gasteiger partial charge < -0.3 is 10.0 Å². The SMILES string of the molecule is Cc1sc(N(Cc2cccc(Br)c2)c2ccc(C#N)cc2)nc1C(=O)O. The van der Waals surface area contributed by atoms with Crippen LogP contribution in [-0.2, 0) is 6.54 Å². The first-order valence-corrected chi connectivity index (χ1v) is 9.32. The first-order valence-electron chi connectivity index (χ1n) is 7.71. The van der Waals surface area contributed by atoms with Crippen LogP contribution in [-0.4, -0.2) is 16.1 Å². The van der Waals surface area contributed by atoms with Crippen LogP contribution in [0.2, 0.25) is 0 Å². The van der Waals surface area contributed by atoms with Crippen LogP contribution >= 0.6 is 27.3 Å². The number of nitriles is 1. The lowest BCUT2D eigenvalue weighted by atomic mass is 10.2. The minimum absolute atomic E-state index is 0.0675. The van der Waals surface area contributed by atoms with Gasteiger partial charge in [0.2, 0.25) is 0 Å². The Bertz CT molecular complexity index is 993. The molecule has 26 heavy (non-hydrogen) atoms. The van der Waals surface area contributed by atoms with Gasteiger partial charge in [-0.05, 0) is 48.9 Å². The van der Waals surface area contributed by atoms with E-state index in [1.54, 1.807) is 19.1 Å². The zero-order valence-electron chi connectivity index (χ0n) is 13.8. The molecule has 0 amide bonds. The van der Waals surface area contributed by atoms with Gasteiger partial charge in [0.15, 0.2) is 10.8 Å². The summed E-state index contributed by atoms with van der Waals surface area (Å²) in [5.41, 5.74) is 2.53. The first kappa shape index (κ1) is 18.1. The number of hydrogen-bond acceptors (Lipinski definition) is 5. The summed E-state index contributed by atoms with van der Waals surface area (Å²) in [4.78, 5) is 18.3. The lowest BCUT2D eigenvalue weighted by molar-refractivity contribution is 0.0690. The lowest BCUT2D eigenvalue weighted by Crippen LogP contribution is -2.16. The molecular weight excluding hydrogens is 414 g/mol. The molecule has 2 aromatic carbocycles. The van der Waals surface area contributed by atoms with Crippen LogP contribution in [0.3, 0.4) is 0 Å². The number of carboxylic acid groups (broad SMARTS) is 1. The summed E-state index contributed by atoms with van der Waals surface area (Å²) in [6, 6.07) is 17.2. The minimum atomic E-state index is -1.03. The van der Waals surface area contributed by atoms with Crippen LogP contribution in [0, 0.1) is 18.3 Å². The Hall–Kier alpha value is -2.69. The predicted octanol–water partition coefficient (Wildman–Crippen LogP) is 5.12. The highest BCUT2D eigenvalue weighted by molar-refractivity contribution is 9.10. The number of thiazole rings is 1. The molecule has 0 fully saturated rings. The number of hydrogen-bond donors (Lipinski definition) is 1. The van der Waals surface area contributed by atoms with E-state index in [9.17, 15) is 9.90 Å². The number of benzene rings is 2. The third kappa shape index (κ3) is 3.93. The van der Waals surface area contributed by atoms with E-state index >= 15 is 0 Å². The number of carbonyl (C=O) groups is 1. The summed E-state index contributed by atoms with van der Waals surface area (Å²) < 4.78 is 0.969. The molecule has 0 aliphatic heterocycles. The zero-order valence-corrected chi connectivity index (χ0v) is 16.2. The summed E-state index contributed by atoms with van der Waals surface area (Å²) in [6.07, 6.45) is 0. The van der Waals surface area contributed by atoms with E-state index in [1.807, 2.05) is 41.3 Å². The summed E-state index contributed by atoms with van der Waals surface area (Å²) in [5.74, 6) is -1.03. The molecule has 7 heteroatoms. The van der Waals surface area contributed by atoms with Crippen molar-refractivity contribution in [1.29, 1.82) is 5.26 Å². The van der Waals surface area contributed by atoms with Crippen molar-refractivity contribution >= 4 is 44.1 Å². The fourth-order valence-corrected chi connectivity index (χ4v) is 3.87. The van der Waals surface area contributed by atoms with Crippen molar-refractivity contribution in [3.05, 3.63) is 74.7 Å². The number of aromatic carboxylic acids is 1. The van der Waals surface area contributed by atoms with E-state index in [4.69, 9.17) is 5.26 Å². The van der Waals surface area contributed by atoms with Gasteiger partial charge >= 0.3 is 5.97 Å². The van der Waals surface area contributed by atoms with E-state index in [1.165, 1.54) is 11.3 Å². The summed E-state index contributed by atoms with van der Waals surface area (Å²) in [5, 5.41) is 18.9. The zero-order chi connectivity index (χ0) is 18.7. The Kier molecular flexibility index (Phi) is 5.35. The number of nitrogens with zero attached hydrogens (tertiary/aromatic N) is 3. The van der Waals surface area contributed by atoms with Crippen molar-refractivity contribution in [3.8, 4) is 6.07 Å². The Morgan fingerprint density at radius 2 is 2.04 bits per heavy atom. The van der Waals surface area contributed by atoms with Crippen molar-refractivity contribution in [1.82, 2.24) is 4.98 Å².